The lowest BCUT2D eigenvalue weighted by atomic mass is 10.0. The lowest BCUT2D eigenvalue weighted by Gasteiger charge is -2.05. The highest BCUT2D eigenvalue weighted by atomic mass is 35.5. The van der Waals surface area contributed by atoms with Crippen LogP contribution in [0.3, 0.4) is 0 Å². The molecule has 0 aliphatic carbocycles. The summed E-state index contributed by atoms with van der Waals surface area (Å²) in [6, 6.07) is 20.7. The SMILES string of the molecule is COc1ccc(-c2[nH]n(-c3ccc([N+](=O)[O-])cc3)c(=O)c2C(C)=NCCc2ccc(Cl)cc2)cc1. The molecule has 0 atom stereocenters. The van der Waals surface area contributed by atoms with Gasteiger partial charge in [0.05, 0.1) is 29.0 Å². The van der Waals surface area contributed by atoms with Crippen molar-refractivity contribution in [3.8, 4) is 22.7 Å². The Hall–Kier alpha value is -4.17. The van der Waals surface area contributed by atoms with Gasteiger partial charge in [0.25, 0.3) is 11.2 Å². The Kier molecular flexibility index (Phi) is 7.12. The second-order valence-electron chi connectivity index (χ2n) is 7.85. The van der Waals surface area contributed by atoms with E-state index in [1.807, 2.05) is 48.5 Å². The number of aromatic nitrogens is 2. The molecule has 1 aromatic heterocycles. The standard InChI is InChI=1S/C26H23ClN4O4/c1-17(28-16-15-18-3-7-20(27)8-4-18)24-25(19-5-13-23(35-2)14-6-19)29-30(26(24)32)21-9-11-22(12-10-21)31(33)34/h3-14,29H,15-16H2,1-2H3. The Morgan fingerprint density at radius 1 is 1.06 bits per heavy atom. The van der Waals surface area contributed by atoms with Crippen molar-refractivity contribution >= 4 is 23.0 Å². The number of nitrogens with one attached hydrogen (secondary N) is 1. The fourth-order valence-electron chi connectivity index (χ4n) is 3.73. The molecule has 8 nitrogen and oxygen atoms in total. The van der Waals surface area contributed by atoms with Crippen LogP contribution in [0.4, 0.5) is 5.69 Å². The van der Waals surface area contributed by atoms with Crippen LogP contribution in [-0.2, 0) is 6.42 Å². The van der Waals surface area contributed by atoms with Crippen molar-refractivity contribution in [2.45, 2.75) is 13.3 Å². The maximum atomic E-state index is 13.5. The minimum atomic E-state index is -0.479. The molecule has 0 saturated carbocycles. The van der Waals surface area contributed by atoms with Gasteiger partial charge in [0.15, 0.2) is 0 Å². The zero-order valence-electron chi connectivity index (χ0n) is 19.2. The molecule has 1 heterocycles. The second kappa shape index (κ2) is 10.4. The van der Waals surface area contributed by atoms with Crippen molar-refractivity contribution in [1.82, 2.24) is 9.78 Å². The molecule has 0 aliphatic rings. The number of halogens is 1. The molecular weight excluding hydrogens is 468 g/mol. The summed E-state index contributed by atoms with van der Waals surface area (Å²) < 4.78 is 6.62. The lowest BCUT2D eigenvalue weighted by Crippen LogP contribution is -2.20. The van der Waals surface area contributed by atoms with E-state index in [2.05, 4.69) is 10.1 Å². The Balaban J connectivity index is 1.73. The van der Waals surface area contributed by atoms with E-state index in [1.165, 1.54) is 28.9 Å². The topological polar surface area (TPSA) is 103 Å². The molecule has 4 rings (SSSR count). The molecule has 4 aromatic rings. The smallest absolute Gasteiger partial charge is 0.280 e. The summed E-state index contributed by atoms with van der Waals surface area (Å²) in [4.78, 5) is 28.7. The van der Waals surface area contributed by atoms with Gasteiger partial charge in [0.2, 0.25) is 0 Å². The summed E-state index contributed by atoms with van der Waals surface area (Å²) in [7, 11) is 1.59. The number of nitro benzene ring substituents is 1. The maximum Gasteiger partial charge on any atom is 0.280 e. The molecule has 0 radical (unpaired) electrons. The molecule has 0 amide bonds. The molecule has 1 N–H and O–H groups in total. The maximum absolute atomic E-state index is 13.5. The van der Waals surface area contributed by atoms with Crippen molar-refractivity contribution in [3.63, 3.8) is 0 Å². The van der Waals surface area contributed by atoms with Gasteiger partial charge in [-0.1, -0.05) is 23.7 Å². The first kappa shape index (κ1) is 24.0. The van der Waals surface area contributed by atoms with Crippen LogP contribution in [0.2, 0.25) is 5.02 Å². The Morgan fingerprint density at radius 2 is 1.71 bits per heavy atom. The minimum absolute atomic E-state index is 0.0519. The number of methoxy groups -OCH3 is 1. The number of nitro groups is 1. The number of ether oxygens (including phenoxy) is 1. The van der Waals surface area contributed by atoms with Gasteiger partial charge in [-0.3, -0.25) is 25.0 Å². The van der Waals surface area contributed by atoms with Crippen LogP contribution >= 0.6 is 11.6 Å². The molecule has 9 heteroatoms. The van der Waals surface area contributed by atoms with Gasteiger partial charge in [-0.2, -0.15) is 0 Å². The zero-order chi connectivity index (χ0) is 24.9. The number of nitrogens with zero attached hydrogens (tertiary/aromatic N) is 3. The van der Waals surface area contributed by atoms with Gasteiger partial charge in [0.1, 0.15) is 5.75 Å². The van der Waals surface area contributed by atoms with E-state index in [4.69, 9.17) is 16.3 Å². The molecular formula is C26H23ClN4O4. The Labute approximate surface area is 206 Å². The Bertz CT molecular complexity index is 1420. The summed E-state index contributed by atoms with van der Waals surface area (Å²) in [6.45, 7) is 2.30. The van der Waals surface area contributed by atoms with E-state index in [0.29, 0.717) is 46.4 Å². The molecule has 0 aliphatic heterocycles. The van der Waals surface area contributed by atoms with Gasteiger partial charge in [-0.05, 0) is 67.4 Å². The highest BCUT2D eigenvalue weighted by Gasteiger charge is 2.20. The van der Waals surface area contributed by atoms with Gasteiger partial charge in [0, 0.05) is 35.0 Å². The van der Waals surface area contributed by atoms with E-state index in [-0.39, 0.29) is 11.2 Å². The van der Waals surface area contributed by atoms with Crippen LogP contribution in [-0.4, -0.2) is 34.1 Å². The molecule has 0 saturated heterocycles. The third-order valence-corrected chi connectivity index (χ3v) is 5.86. The third-order valence-electron chi connectivity index (χ3n) is 5.61. The van der Waals surface area contributed by atoms with Gasteiger partial charge in [-0.15, -0.1) is 0 Å². The van der Waals surface area contributed by atoms with Crippen molar-refractivity contribution in [1.29, 1.82) is 0 Å². The third kappa shape index (κ3) is 5.33. The van der Waals surface area contributed by atoms with E-state index in [9.17, 15) is 14.9 Å². The molecule has 0 bridgehead atoms. The monoisotopic (exact) mass is 490 g/mol. The fraction of sp³-hybridized carbons (Fsp3) is 0.154. The van der Waals surface area contributed by atoms with Crippen molar-refractivity contribution in [3.05, 3.63) is 109 Å². The highest BCUT2D eigenvalue weighted by Crippen LogP contribution is 2.25. The molecule has 35 heavy (non-hydrogen) atoms. The second-order valence-corrected chi connectivity index (χ2v) is 8.28. The number of H-pyrrole nitrogens is 1. The summed E-state index contributed by atoms with van der Waals surface area (Å²) in [5, 5.41) is 14.9. The summed E-state index contributed by atoms with van der Waals surface area (Å²) >= 11 is 5.96. The number of hydrogen-bond acceptors (Lipinski definition) is 5. The first-order valence-electron chi connectivity index (χ1n) is 10.9. The number of hydrogen-bond donors (Lipinski definition) is 1. The molecule has 178 valence electrons. The van der Waals surface area contributed by atoms with Crippen LogP contribution in [0, 0.1) is 10.1 Å². The highest BCUT2D eigenvalue weighted by molar-refractivity contribution is 6.30. The first-order chi connectivity index (χ1) is 16.9. The number of benzene rings is 3. The summed E-state index contributed by atoms with van der Waals surface area (Å²) in [6.07, 6.45) is 0.702. The van der Waals surface area contributed by atoms with Gasteiger partial charge < -0.3 is 4.74 Å². The van der Waals surface area contributed by atoms with Crippen LogP contribution in [0.1, 0.15) is 18.1 Å². The van der Waals surface area contributed by atoms with Gasteiger partial charge in [-0.25, -0.2) is 4.68 Å². The zero-order valence-corrected chi connectivity index (χ0v) is 20.0. The molecule has 0 spiro atoms. The van der Waals surface area contributed by atoms with Crippen LogP contribution < -0.4 is 10.3 Å². The lowest BCUT2D eigenvalue weighted by molar-refractivity contribution is -0.384. The van der Waals surface area contributed by atoms with Crippen molar-refractivity contribution in [2.24, 2.45) is 4.99 Å². The van der Waals surface area contributed by atoms with Crippen LogP contribution in [0.5, 0.6) is 5.75 Å². The Morgan fingerprint density at radius 3 is 2.31 bits per heavy atom. The van der Waals surface area contributed by atoms with Crippen molar-refractivity contribution < 1.29 is 9.66 Å². The van der Waals surface area contributed by atoms with E-state index in [1.54, 1.807) is 14.0 Å². The average molecular weight is 491 g/mol. The number of non-ortho nitro benzene ring substituents is 1. The van der Waals surface area contributed by atoms with Crippen LogP contribution in [0.15, 0.2) is 82.6 Å². The summed E-state index contributed by atoms with van der Waals surface area (Å²) in [5.74, 6) is 0.695. The quantitative estimate of drug-likeness (QED) is 0.201. The van der Waals surface area contributed by atoms with Crippen molar-refractivity contribution in [2.75, 3.05) is 13.7 Å². The largest absolute Gasteiger partial charge is 0.497 e. The van der Waals surface area contributed by atoms with Crippen LogP contribution in [0.25, 0.3) is 16.9 Å². The number of aromatic amines is 1. The minimum Gasteiger partial charge on any atom is -0.497 e. The summed E-state index contributed by atoms with van der Waals surface area (Å²) in [5.41, 5.74) is 3.64. The normalized spacial score (nSPS) is 11.5. The van der Waals surface area contributed by atoms with Gasteiger partial charge >= 0.3 is 0 Å². The predicted octanol–water partition coefficient (Wildman–Crippen LogP) is 5.45. The molecule has 0 unspecified atom stereocenters. The number of aliphatic imine (C=N–C) groups is 1. The van der Waals surface area contributed by atoms with E-state index in [0.717, 1.165) is 11.1 Å². The average Bonchev–Trinajstić information content (AvgIpc) is 3.22. The number of rotatable bonds is 8. The van der Waals surface area contributed by atoms with E-state index < -0.39 is 4.92 Å². The molecule has 0 fully saturated rings. The van der Waals surface area contributed by atoms with E-state index >= 15 is 0 Å². The fourth-order valence-corrected chi connectivity index (χ4v) is 3.85. The molecule has 3 aromatic carbocycles. The first-order valence-corrected chi connectivity index (χ1v) is 11.3. The predicted molar refractivity (Wildman–Crippen MR) is 137 cm³/mol.